The summed E-state index contributed by atoms with van der Waals surface area (Å²) in [5.41, 5.74) is 3.76. The molecule has 5 heteroatoms. The Kier molecular flexibility index (Phi) is 4.71. The van der Waals surface area contributed by atoms with Gasteiger partial charge in [0.2, 0.25) is 11.8 Å². The van der Waals surface area contributed by atoms with Crippen molar-refractivity contribution in [3.05, 3.63) is 58.1 Å². The largest absolute Gasteiger partial charge is 0.326 e. The molecule has 2 aromatic carbocycles. The fourth-order valence-corrected chi connectivity index (χ4v) is 3.28. The van der Waals surface area contributed by atoms with Gasteiger partial charge in [0.05, 0.1) is 5.92 Å². The standard InChI is InChI=1S/C19H19BrN2O2/c1-12-7-8-15(10-16(12)20)21-19(24)14-9-18(23)22(11-14)17-6-4-3-5-13(17)2/h3-8,10,14H,9,11H2,1-2H3,(H,21,24). The first kappa shape index (κ1) is 16.7. The van der Waals surface area contributed by atoms with Gasteiger partial charge in [-0.05, 0) is 43.2 Å². The lowest BCUT2D eigenvalue weighted by atomic mass is 10.1. The minimum atomic E-state index is -0.336. The van der Waals surface area contributed by atoms with E-state index in [0.717, 1.165) is 27.0 Å². The molecular formula is C19H19BrN2O2. The van der Waals surface area contributed by atoms with Gasteiger partial charge in [-0.1, -0.05) is 40.2 Å². The Bertz CT molecular complexity index is 804. The molecule has 3 rings (SSSR count). The quantitative estimate of drug-likeness (QED) is 0.864. The molecule has 1 fully saturated rings. The molecule has 1 atom stereocenters. The van der Waals surface area contributed by atoms with Crippen molar-refractivity contribution in [2.75, 3.05) is 16.8 Å². The first-order valence-electron chi connectivity index (χ1n) is 7.88. The number of hydrogen-bond donors (Lipinski definition) is 1. The van der Waals surface area contributed by atoms with Crippen molar-refractivity contribution in [2.45, 2.75) is 20.3 Å². The van der Waals surface area contributed by atoms with Gasteiger partial charge in [0, 0.05) is 28.8 Å². The summed E-state index contributed by atoms with van der Waals surface area (Å²) in [6.45, 7) is 4.38. The van der Waals surface area contributed by atoms with Crippen molar-refractivity contribution >= 4 is 39.1 Å². The number of nitrogens with one attached hydrogen (secondary N) is 1. The van der Waals surface area contributed by atoms with Crippen LogP contribution in [0.2, 0.25) is 0 Å². The summed E-state index contributed by atoms with van der Waals surface area (Å²) in [7, 11) is 0. The summed E-state index contributed by atoms with van der Waals surface area (Å²) in [6.07, 6.45) is 0.243. The molecule has 24 heavy (non-hydrogen) atoms. The first-order valence-corrected chi connectivity index (χ1v) is 8.68. The van der Waals surface area contributed by atoms with Gasteiger partial charge in [-0.2, -0.15) is 0 Å². The van der Waals surface area contributed by atoms with Gasteiger partial charge in [-0.3, -0.25) is 9.59 Å². The highest BCUT2D eigenvalue weighted by molar-refractivity contribution is 9.10. The second-order valence-corrected chi connectivity index (χ2v) is 7.00. The zero-order valence-electron chi connectivity index (χ0n) is 13.7. The summed E-state index contributed by atoms with van der Waals surface area (Å²) in [6, 6.07) is 13.4. The Labute approximate surface area is 150 Å². The molecule has 1 unspecified atom stereocenters. The Balaban J connectivity index is 1.72. The lowest BCUT2D eigenvalue weighted by Gasteiger charge is -2.19. The average molecular weight is 387 g/mol. The first-order chi connectivity index (χ1) is 11.5. The van der Waals surface area contributed by atoms with Crippen LogP contribution in [0.4, 0.5) is 11.4 Å². The van der Waals surface area contributed by atoms with Crippen LogP contribution < -0.4 is 10.2 Å². The van der Waals surface area contributed by atoms with E-state index in [9.17, 15) is 9.59 Å². The van der Waals surface area contributed by atoms with E-state index < -0.39 is 0 Å². The maximum atomic E-state index is 12.5. The Morgan fingerprint density at radius 3 is 2.62 bits per heavy atom. The number of para-hydroxylation sites is 1. The molecule has 124 valence electrons. The van der Waals surface area contributed by atoms with E-state index in [2.05, 4.69) is 21.2 Å². The smallest absolute Gasteiger partial charge is 0.229 e. The Morgan fingerprint density at radius 2 is 1.92 bits per heavy atom. The molecule has 0 aromatic heterocycles. The molecule has 2 amide bonds. The fourth-order valence-electron chi connectivity index (χ4n) is 2.90. The number of aryl methyl sites for hydroxylation is 2. The molecule has 1 aliphatic rings. The highest BCUT2D eigenvalue weighted by Gasteiger charge is 2.35. The van der Waals surface area contributed by atoms with Crippen LogP contribution in [0.3, 0.4) is 0 Å². The maximum Gasteiger partial charge on any atom is 0.229 e. The molecule has 0 spiro atoms. The monoisotopic (exact) mass is 386 g/mol. The normalized spacial score (nSPS) is 17.2. The summed E-state index contributed by atoms with van der Waals surface area (Å²) in [5, 5.41) is 2.91. The molecule has 1 aliphatic heterocycles. The summed E-state index contributed by atoms with van der Waals surface area (Å²) < 4.78 is 0.948. The molecule has 1 N–H and O–H groups in total. The SMILES string of the molecule is Cc1ccc(NC(=O)C2CC(=O)N(c3ccccc3C)C2)cc1Br. The molecule has 4 nitrogen and oxygen atoms in total. The van der Waals surface area contributed by atoms with Crippen LogP contribution in [0.1, 0.15) is 17.5 Å². The van der Waals surface area contributed by atoms with E-state index in [1.165, 1.54) is 0 Å². The number of rotatable bonds is 3. The number of benzene rings is 2. The van der Waals surface area contributed by atoms with Crippen molar-refractivity contribution in [3.8, 4) is 0 Å². The molecule has 1 heterocycles. The summed E-state index contributed by atoms with van der Waals surface area (Å²) >= 11 is 3.46. The lowest BCUT2D eigenvalue weighted by Crippen LogP contribution is -2.28. The van der Waals surface area contributed by atoms with Crippen LogP contribution >= 0.6 is 15.9 Å². The highest BCUT2D eigenvalue weighted by atomic mass is 79.9. The number of nitrogens with zero attached hydrogens (tertiary/aromatic N) is 1. The maximum absolute atomic E-state index is 12.5. The molecule has 2 aromatic rings. The average Bonchev–Trinajstić information content (AvgIpc) is 2.93. The number of carbonyl (C=O) groups excluding carboxylic acids is 2. The van der Waals surface area contributed by atoms with Crippen LogP contribution in [-0.2, 0) is 9.59 Å². The van der Waals surface area contributed by atoms with Crippen molar-refractivity contribution in [1.82, 2.24) is 0 Å². The topological polar surface area (TPSA) is 49.4 Å². The molecule has 0 saturated carbocycles. The third-order valence-electron chi connectivity index (χ3n) is 4.34. The van der Waals surface area contributed by atoms with E-state index in [0.29, 0.717) is 6.54 Å². The van der Waals surface area contributed by atoms with E-state index in [1.807, 2.05) is 56.3 Å². The van der Waals surface area contributed by atoms with Crippen LogP contribution in [0.5, 0.6) is 0 Å². The van der Waals surface area contributed by atoms with Crippen LogP contribution in [-0.4, -0.2) is 18.4 Å². The van der Waals surface area contributed by atoms with Crippen molar-refractivity contribution in [1.29, 1.82) is 0 Å². The predicted molar refractivity (Wildman–Crippen MR) is 99.1 cm³/mol. The zero-order valence-corrected chi connectivity index (χ0v) is 15.3. The van der Waals surface area contributed by atoms with Gasteiger partial charge >= 0.3 is 0 Å². The van der Waals surface area contributed by atoms with E-state index >= 15 is 0 Å². The third kappa shape index (κ3) is 3.36. The Hall–Kier alpha value is -2.14. The molecule has 0 radical (unpaired) electrons. The van der Waals surface area contributed by atoms with Crippen molar-refractivity contribution in [3.63, 3.8) is 0 Å². The summed E-state index contributed by atoms with van der Waals surface area (Å²) in [4.78, 5) is 26.6. The highest BCUT2D eigenvalue weighted by Crippen LogP contribution is 2.29. The van der Waals surface area contributed by atoms with E-state index in [-0.39, 0.29) is 24.2 Å². The minimum Gasteiger partial charge on any atom is -0.326 e. The number of hydrogen-bond acceptors (Lipinski definition) is 2. The number of carbonyl (C=O) groups is 2. The number of halogens is 1. The zero-order chi connectivity index (χ0) is 17.3. The van der Waals surface area contributed by atoms with Crippen LogP contribution in [0, 0.1) is 19.8 Å². The van der Waals surface area contributed by atoms with Crippen molar-refractivity contribution in [2.24, 2.45) is 5.92 Å². The lowest BCUT2D eigenvalue weighted by molar-refractivity contribution is -0.122. The molecule has 1 saturated heterocycles. The minimum absolute atomic E-state index is 0.00506. The predicted octanol–water partition coefficient (Wildman–Crippen LogP) is 4.06. The number of anilines is 2. The van der Waals surface area contributed by atoms with Crippen LogP contribution in [0.15, 0.2) is 46.9 Å². The van der Waals surface area contributed by atoms with Crippen molar-refractivity contribution < 1.29 is 9.59 Å². The van der Waals surface area contributed by atoms with Gasteiger partial charge in [-0.15, -0.1) is 0 Å². The van der Waals surface area contributed by atoms with Gasteiger partial charge in [0.1, 0.15) is 0 Å². The van der Waals surface area contributed by atoms with Crippen LogP contribution in [0.25, 0.3) is 0 Å². The third-order valence-corrected chi connectivity index (χ3v) is 5.20. The summed E-state index contributed by atoms with van der Waals surface area (Å²) in [5.74, 6) is -0.457. The second-order valence-electron chi connectivity index (χ2n) is 6.15. The van der Waals surface area contributed by atoms with Gasteiger partial charge < -0.3 is 10.2 Å². The fraction of sp³-hybridized carbons (Fsp3) is 0.263. The molecule has 0 aliphatic carbocycles. The molecular weight excluding hydrogens is 368 g/mol. The molecule has 0 bridgehead atoms. The van der Waals surface area contributed by atoms with E-state index in [4.69, 9.17) is 0 Å². The van der Waals surface area contributed by atoms with Gasteiger partial charge in [0.15, 0.2) is 0 Å². The van der Waals surface area contributed by atoms with Gasteiger partial charge in [0.25, 0.3) is 0 Å². The second kappa shape index (κ2) is 6.77. The van der Waals surface area contributed by atoms with Gasteiger partial charge in [-0.25, -0.2) is 0 Å². The number of amides is 2. The van der Waals surface area contributed by atoms with E-state index in [1.54, 1.807) is 4.90 Å². The Morgan fingerprint density at radius 1 is 1.17 bits per heavy atom.